The van der Waals surface area contributed by atoms with Crippen molar-refractivity contribution in [2.75, 3.05) is 0 Å². The lowest BCUT2D eigenvalue weighted by Gasteiger charge is -2.21. The molecule has 0 aromatic heterocycles. The first-order valence-corrected chi connectivity index (χ1v) is 11.1. The second kappa shape index (κ2) is 9.22. The quantitative estimate of drug-likeness (QED) is 0.422. The molecule has 0 fully saturated rings. The summed E-state index contributed by atoms with van der Waals surface area (Å²) in [6.45, 7) is 8.65. The molecule has 0 aliphatic heterocycles. The van der Waals surface area contributed by atoms with Gasteiger partial charge < -0.3 is 0 Å². The Balaban J connectivity index is 1.93. The van der Waals surface area contributed by atoms with Gasteiger partial charge >= 0.3 is 0 Å². The summed E-state index contributed by atoms with van der Waals surface area (Å²) < 4.78 is 13.1. The topological polar surface area (TPSA) is 17.1 Å². The van der Waals surface area contributed by atoms with Gasteiger partial charge in [0.1, 0.15) is 0 Å². The van der Waals surface area contributed by atoms with Crippen LogP contribution in [0.3, 0.4) is 0 Å². The molecule has 148 valence electrons. The average Bonchev–Trinajstić information content (AvgIpc) is 2.71. The van der Waals surface area contributed by atoms with Crippen molar-refractivity contribution in [2.24, 2.45) is 5.41 Å². The molecule has 0 spiro atoms. The highest BCUT2D eigenvalue weighted by molar-refractivity contribution is 7.85. The molecular weight excluding hydrogens is 372 g/mol. The van der Waals surface area contributed by atoms with Gasteiger partial charge in [0.15, 0.2) is 0 Å². The fraction of sp³-hybridized carbons (Fsp3) is 0.222. The van der Waals surface area contributed by atoms with E-state index in [2.05, 4.69) is 62.9 Å². The van der Waals surface area contributed by atoms with Crippen LogP contribution in [0.4, 0.5) is 0 Å². The lowest BCUT2D eigenvalue weighted by molar-refractivity contribution is 0.567. The van der Waals surface area contributed by atoms with Crippen LogP contribution in [-0.2, 0) is 17.2 Å². The molecule has 0 saturated heterocycles. The Labute approximate surface area is 177 Å². The van der Waals surface area contributed by atoms with Gasteiger partial charge in [0, 0.05) is 15.4 Å². The number of aryl methyl sites for hydroxylation is 1. The Bertz CT molecular complexity index is 1050. The van der Waals surface area contributed by atoms with E-state index in [1.807, 2.05) is 55.5 Å². The molecule has 3 aromatic carbocycles. The van der Waals surface area contributed by atoms with Crippen molar-refractivity contribution in [3.8, 4) is 0 Å². The van der Waals surface area contributed by atoms with Crippen LogP contribution in [0, 0.1) is 12.3 Å². The summed E-state index contributed by atoms with van der Waals surface area (Å²) in [4.78, 5) is 1.70. The molecular formula is C27H28OS. The Morgan fingerprint density at radius 2 is 1.52 bits per heavy atom. The highest BCUT2D eigenvalue weighted by Crippen LogP contribution is 2.33. The van der Waals surface area contributed by atoms with Crippen molar-refractivity contribution >= 4 is 16.4 Å². The first-order chi connectivity index (χ1) is 13.9. The van der Waals surface area contributed by atoms with Gasteiger partial charge in [-0.25, -0.2) is 4.21 Å². The van der Waals surface area contributed by atoms with Crippen molar-refractivity contribution < 1.29 is 4.21 Å². The summed E-state index contributed by atoms with van der Waals surface area (Å²) in [5.74, 6) is 0. The summed E-state index contributed by atoms with van der Waals surface area (Å²) in [6, 6.07) is 26.3. The minimum absolute atomic E-state index is 0.0118. The summed E-state index contributed by atoms with van der Waals surface area (Å²) >= 11 is 0. The Morgan fingerprint density at radius 3 is 2.17 bits per heavy atom. The summed E-state index contributed by atoms with van der Waals surface area (Å²) in [5.41, 5.74) is 8.12. The van der Waals surface area contributed by atoms with E-state index >= 15 is 0 Å². The maximum absolute atomic E-state index is 13.1. The fourth-order valence-corrected chi connectivity index (χ4v) is 4.47. The average molecular weight is 401 g/mol. The van der Waals surface area contributed by atoms with E-state index in [1.165, 1.54) is 16.7 Å². The third kappa shape index (κ3) is 5.44. The first kappa shape index (κ1) is 21.0. The Kier molecular flexibility index (Phi) is 6.69. The molecule has 0 aliphatic rings. The molecule has 29 heavy (non-hydrogen) atoms. The molecule has 1 nitrogen and oxygen atoms in total. The molecule has 0 radical (unpaired) electrons. The molecule has 3 aromatic rings. The van der Waals surface area contributed by atoms with E-state index in [4.69, 9.17) is 0 Å². The smallest absolute Gasteiger partial charge is 0.0852 e. The second-order valence-electron chi connectivity index (χ2n) is 8.23. The SMILES string of the molecule is Cc1ccc(S(=O)c2ccccc2CC=C=C(c2ccccc2)C(C)(C)C)cc1. The monoisotopic (exact) mass is 400 g/mol. The number of rotatable bonds is 5. The number of hydrogen-bond acceptors (Lipinski definition) is 1. The van der Waals surface area contributed by atoms with Crippen LogP contribution < -0.4 is 0 Å². The molecule has 1 unspecified atom stereocenters. The molecule has 0 saturated carbocycles. The third-order valence-corrected chi connectivity index (χ3v) is 6.29. The van der Waals surface area contributed by atoms with Gasteiger partial charge in [0.2, 0.25) is 0 Å². The van der Waals surface area contributed by atoms with Gasteiger partial charge in [0.25, 0.3) is 0 Å². The standard InChI is InChI=1S/C27H28OS/c1-21-17-19-24(20-18-21)29(28)26-16-9-8-13-23(26)14-10-15-25(27(2,3)4)22-11-6-5-7-12-22/h5-13,16-20H,14H2,1-4H3. The maximum atomic E-state index is 13.1. The van der Waals surface area contributed by atoms with E-state index in [0.717, 1.165) is 15.4 Å². The molecule has 0 amide bonds. The van der Waals surface area contributed by atoms with Crippen LogP contribution >= 0.6 is 0 Å². The molecule has 0 heterocycles. The highest BCUT2D eigenvalue weighted by Gasteiger charge is 2.18. The first-order valence-electron chi connectivity index (χ1n) is 9.93. The van der Waals surface area contributed by atoms with Crippen LogP contribution in [0.1, 0.15) is 37.5 Å². The van der Waals surface area contributed by atoms with Crippen LogP contribution in [0.15, 0.2) is 100 Å². The van der Waals surface area contributed by atoms with Crippen molar-refractivity contribution in [2.45, 2.75) is 43.9 Å². The zero-order chi connectivity index (χ0) is 20.9. The van der Waals surface area contributed by atoms with Crippen molar-refractivity contribution in [3.05, 3.63) is 107 Å². The molecule has 0 aliphatic carbocycles. The van der Waals surface area contributed by atoms with Gasteiger partial charge in [-0.2, -0.15) is 0 Å². The van der Waals surface area contributed by atoms with Gasteiger partial charge in [-0.05, 0) is 54.2 Å². The zero-order valence-electron chi connectivity index (χ0n) is 17.6. The predicted octanol–water partition coefficient (Wildman–Crippen LogP) is 6.99. The van der Waals surface area contributed by atoms with Gasteiger partial charge in [0.05, 0.1) is 10.8 Å². The number of allylic oxidation sites excluding steroid dienone is 1. The second-order valence-corrected chi connectivity index (χ2v) is 9.68. The number of benzene rings is 3. The fourth-order valence-electron chi connectivity index (χ4n) is 3.24. The molecule has 0 N–H and O–H groups in total. The summed E-state index contributed by atoms with van der Waals surface area (Å²) in [5, 5.41) is 0. The maximum Gasteiger partial charge on any atom is 0.0852 e. The van der Waals surface area contributed by atoms with Gasteiger partial charge in [-0.1, -0.05) is 87.0 Å². The van der Waals surface area contributed by atoms with Gasteiger partial charge in [-0.3, -0.25) is 0 Å². The molecule has 0 bridgehead atoms. The summed E-state index contributed by atoms with van der Waals surface area (Å²) in [6.07, 6.45) is 2.76. The number of hydrogen-bond donors (Lipinski definition) is 0. The minimum Gasteiger partial charge on any atom is -0.249 e. The van der Waals surface area contributed by atoms with Crippen molar-refractivity contribution in [1.82, 2.24) is 0 Å². The van der Waals surface area contributed by atoms with Crippen molar-refractivity contribution in [1.29, 1.82) is 0 Å². The van der Waals surface area contributed by atoms with Crippen LogP contribution in [0.2, 0.25) is 0 Å². The van der Waals surface area contributed by atoms with Crippen LogP contribution in [-0.4, -0.2) is 4.21 Å². The van der Waals surface area contributed by atoms with E-state index in [1.54, 1.807) is 0 Å². The third-order valence-electron chi connectivity index (χ3n) is 4.79. The zero-order valence-corrected chi connectivity index (χ0v) is 18.4. The van der Waals surface area contributed by atoms with E-state index in [-0.39, 0.29) is 5.41 Å². The lowest BCUT2D eigenvalue weighted by atomic mass is 9.82. The van der Waals surface area contributed by atoms with Gasteiger partial charge in [-0.15, -0.1) is 5.73 Å². The highest BCUT2D eigenvalue weighted by atomic mass is 32.2. The Hall–Kier alpha value is -2.67. The lowest BCUT2D eigenvalue weighted by Crippen LogP contribution is -2.07. The van der Waals surface area contributed by atoms with E-state index in [9.17, 15) is 4.21 Å². The van der Waals surface area contributed by atoms with Crippen LogP contribution in [0.25, 0.3) is 5.57 Å². The Morgan fingerprint density at radius 1 is 0.897 bits per heavy atom. The molecule has 2 heteroatoms. The summed E-state index contributed by atoms with van der Waals surface area (Å²) in [7, 11) is -1.19. The normalized spacial score (nSPS) is 12.1. The van der Waals surface area contributed by atoms with Crippen molar-refractivity contribution in [3.63, 3.8) is 0 Å². The largest absolute Gasteiger partial charge is 0.249 e. The van der Waals surface area contributed by atoms with Crippen LogP contribution in [0.5, 0.6) is 0 Å². The molecule has 3 rings (SSSR count). The van der Waals surface area contributed by atoms with E-state index < -0.39 is 10.8 Å². The predicted molar refractivity (Wildman–Crippen MR) is 123 cm³/mol. The molecule has 1 atom stereocenters. The van der Waals surface area contributed by atoms with E-state index in [0.29, 0.717) is 6.42 Å². The minimum atomic E-state index is -1.19.